The molecule has 3 nitrogen and oxygen atoms in total. The molecule has 0 amide bonds. The van der Waals surface area contributed by atoms with Crippen molar-refractivity contribution in [2.45, 2.75) is 31.4 Å². The van der Waals surface area contributed by atoms with Gasteiger partial charge in [0.05, 0.1) is 0 Å². The molecule has 0 aliphatic heterocycles. The van der Waals surface area contributed by atoms with Gasteiger partial charge in [0.1, 0.15) is 6.10 Å². The number of nitrogens with two attached hydrogens (primary N) is 1. The highest BCUT2D eigenvalue weighted by atomic mass is 16.5. The summed E-state index contributed by atoms with van der Waals surface area (Å²) in [6, 6.07) is 0.0789. The lowest BCUT2D eigenvalue weighted by Crippen LogP contribution is -2.30. The lowest BCUT2D eigenvalue weighted by molar-refractivity contribution is -0.133. The number of hydrogen-bond acceptors (Lipinski definition) is 3. The molecular formula is C6H11NO2. The molecule has 1 saturated carbocycles. The highest BCUT2D eigenvalue weighted by Gasteiger charge is 2.24. The Morgan fingerprint density at radius 2 is 2.33 bits per heavy atom. The predicted molar refractivity (Wildman–Crippen MR) is 32.8 cm³/mol. The van der Waals surface area contributed by atoms with Crippen molar-refractivity contribution in [3.8, 4) is 0 Å². The Hall–Kier alpha value is -0.570. The molecule has 1 aliphatic rings. The van der Waals surface area contributed by atoms with Gasteiger partial charge in [-0.1, -0.05) is 0 Å². The third kappa shape index (κ3) is 1.42. The average Bonchev–Trinajstić information content (AvgIpc) is 2.18. The Labute approximate surface area is 54.2 Å². The summed E-state index contributed by atoms with van der Waals surface area (Å²) in [6.07, 6.45) is 2.99. The van der Waals surface area contributed by atoms with Gasteiger partial charge in [-0.25, -0.2) is 0 Å². The molecule has 9 heavy (non-hydrogen) atoms. The first-order valence-electron chi connectivity index (χ1n) is 3.19. The van der Waals surface area contributed by atoms with Crippen LogP contribution in [-0.4, -0.2) is 18.6 Å². The third-order valence-electron chi connectivity index (χ3n) is 1.73. The number of ether oxygens (including phenoxy) is 1. The highest BCUT2D eigenvalue weighted by molar-refractivity contribution is 5.37. The molecule has 2 N–H and O–H groups in total. The maximum absolute atomic E-state index is 9.83. The van der Waals surface area contributed by atoms with Crippen molar-refractivity contribution in [1.82, 2.24) is 0 Å². The Morgan fingerprint density at radius 3 is 2.78 bits per heavy atom. The van der Waals surface area contributed by atoms with Crippen LogP contribution < -0.4 is 5.73 Å². The van der Waals surface area contributed by atoms with Crippen molar-refractivity contribution in [2.75, 3.05) is 0 Å². The average molecular weight is 129 g/mol. The molecule has 0 aromatic heterocycles. The van der Waals surface area contributed by atoms with Crippen LogP contribution in [0.25, 0.3) is 0 Å². The summed E-state index contributed by atoms with van der Waals surface area (Å²) < 4.78 is 4.71. The van der Waals surface area contributed by atoms with Gasteiger partial charge >= 0.3 is 0 Å². The van der Waals surface area contributed by atoms with E-state index in [1.807, 2.05) is 0 Å². The molecule has 1 fully saturated rings. The minimum absolute atomic E-state index is 0.0116. The molecule has 1 aliphatic carbocycles. The first-order chi connectivity index (χ1) is 4.34. The van der Waals surface area contributed by atoms with Gasteiger partial charge in [0.2, 0.25) is 0 Å². The van der Waals surface area contributed by atoms with Crippen molar-refractivity contribution < 1.29 is 9.53 Å². The van der Waals surface area contributed by atoms with E-state index in [9.17, 15) is 4.79 Å². The van der Waals surface area contributed by atoms with Crippen molar-refractivity contribution >= 4 is 6.47 Å². The number of carbonyl (C=O) groups excluding carboxylic acids is 1. The standard InChI is InChI=1S/C6H11NO2/c7-5-2-1-3-6(5)9-4-8/h4-6H,1-3,7H2/t5-,6+/m0/s1. The van der Waals surface area contributed by atoms with Crippen molar-refractivity contribution in [3.63, 3.8) is 0 Å². The molecule has 0 heterocycles. The SMILES string of the molecule is N[C@H]1CCC[C@H]1OC=O. The molecule has 0 spiro atoms. The quantitative estimate of drug-likeness (QED) is 0.535. The monoisotopic (exact) mass is 129 g/mol. The van der Waals surface area contributed by atoms with Gasteiger partial charge < -0.3 is 10.5 Å². The van der Waals surface area contributed by atoms with E-state index < -0.39 is 0 Å². The van der Waals surface area contributed by atoms with Crippen molar-refractivity contribution in [3.05, 3.63) is 0 Å². The number of carbonyl (C=O) groups is 1. The molecule has 1 rings (SSSR count). The molecule has 0 bridgehead atoms. The Morgan fingerprint density at radius 1 is 1.56 bits per heavy atom. The minimum atomic E-state index is -0.0116. The van der Waals surface area contributed by atoms with Crippen molar-refractivity contribution in [1.29, 1.82) is 0 Å². The summed E-state index contributed by atoms with van der Waals surface area (Å²) in [6.45, 7) is 0.482. The maximum Gasteiger partial charge on any atom is 0.293 e. The fraction of sp³-hybridized carbons (Fsp3) is 0.833. The van der Waals surface area contributed by atoms with Gasteiger partial charge in [0.15, 0.2) is 0 Å². The van der Waals surface area contributed by atoms with E-state index in [0.717, 1.165) is 19.3 Å². The van der Waals surface area contributed by atoms with E-state index in [-0.39, 0.29) is 12.1 Å². The van der Waals surface area contributed by atoms with Crippen LogP contribution in [0.3, 0.4) is 0 Å². The Kier molecular flexibility index (Phi) is 2.05. The van der Waals surface area contributed by atoms with Crippen LogP contribution in [0, 0.1) is 0 Å². The highest BCUT2D eigenvalue weighted by Crippen LogP contribution is 2.19. The summed E-state index contributed by atoms with van der Waals surface area (Å²) >= 11 is 0. The minimum Gasteiger partial charge on any atom is -0.463 e. The molecule has 0 saturated heterocycles. The van der Waals surface area contributed by atoms with Crippen molar-refractivity contribution in [2.24, 2.45) is 5.73 Å². The first kappa shape index (κ1) is 6.55. The lowest BCUT2D eigenvalue weighted by atomic mass is 10.2. The van der Waals surface area contributed by atoms with E-state index in [0.29, 0.717) is 6.47 Å². The molecule has 3 heteroatoms. The normalized spacial score (nSPS) is 34.3. The van der Waals surface area contributed by atoms with Crippen LogP contribution >= 0.6 is 0 Å². The Balaban J connectivity index is 2.30. The van der Waals surface area contributed by atoms with E-state index in [1.165, 1.54) is 0 Å². The van der Waals surface area contributed by atoms with Crippen LogP contribution in [0.15, 0.2) is 0 Å². The second kappa shape index (κ2) is 2.82. The van der Waals surface area contributed by atoms with Gasteiger partial charge in [-0.05, 0) is 19.3 Å². The van der Waals surface area contributed by atoms with Gasteiger partial charge in [0, 0.05) is 6.04 Å². The van der Waals surface area contributed by atoms with Gasteiger partial charge in [-0.15, -0.1) is 0 Å². The Bertz CT molecular complexity index is 105. The fourth-order valence-electron chi connectivity index (χ4n) is 1.20. The zero-order chi connectivity index (χ0) is 6.69. The third-order valence-corrected chi connectivity index (χ3v) is 1.73. The smallest absolute Gasteiger partial charge is 0.293 e. The van der Waals surface area contributed by atoms with Crippen LogP contribution in [0.5, 0.6) is 0 Å². The maximum atomic E-state index is 9.83. The van der Waals surface area contributed by atoms with E-state index in [2.05, 4.69) is 0 Å². The summed E-state index contributed by atoms with van der Waals surface area (Å²) in [5.74, 6) is 0. The van der Waals surface area contributed by atoms with E-state index >= 15 is 0 Å². The summed E-state index contributed by atoms with van der Waals surface area (Å²) in [5, 5.41) is 0. The molecule has 52 valence electrons. The second-order valence-corrected chi connectivity index (χ2v) is 2.37. The lowest BCUT2D eigenvalue weighted by Gasteiger charge is -2.11. The van der Waals surface area contributed by atoms with Gasteiger partial charge in [-0.2, -0.15) is 0 Å². The molecule has 0 radical (unpaired) electrons. The fourth-order valence-corrected chi connectivity index (χ4v) is 1.20. The number of rotatable bonds is 2. The molecule has 0 aromatic carbocycles. The molecule has 0 aromatic rings. The first-order valence-corrected chi connectivity index (χ1v) is 3.19. The zero-order valence-electron chi connectivity index (χ0n) is 5.25. The topological polar surface area (TPSA) is 52.3 Å². The summed E-state index contributed by atoms with van der Waals surface area (Å²) in [5.41, 5.74) is 5.58. The van der Waals surface area contributed by atoms with Gasteiger partial charge in [0.25, 0.3) is 6.47 Å². The van der Waals surface area contributed by atoms with Crippen LogP contribution in [0.1, 0.15) is 19.3 Å². The second-order valence-electron chi connectivity index (χ2n) is 2.37. The molecule has 0 unspecified atom stereocenters. The zero-order valence-corrected chi connectivity index (χ0v) is 5.25. The van der Waals surface area contributed by atoms with Gasteiger partial charge in [-0.3, -0.25) is 4.79 Å². The van der Waals surface area contributed by atoms with Crippen LogP contribution in [0.2, 0.25) is 0 Å². The molecular weight excluding hydrogens is 118 g/mol. The van der Waals surface area contributed by atoms with E-state index in [4.69, 9.17) is 10.5 Å². The van der Waals surface area contributed by atoms with E-state index in [1.54, 1.807) is 0 Å². The molecule has 2 atom stereocenters. The predicted octanol–water partition coefficient (Wildman–Crippen LogP) is 0.0392. The van der Waals surface area contributed by atoms with Crippen LogP contribution in [-0.2, 0) is 9.53 Å². The summed E-state index contributed by atoms with van der Waals surface area (Å²) in [4.78, 5) is 9.83. The number of hydrogen-bond donors (Lipinski definition) is 1. The largest absolute Gasteiger partial charge is 0.463 e. The summed E-state index contributed by atoms with van der Waals surface area (Å²) in [7, 11) is 0. The van der Waals surface area contributed by atoms with Crippen LogP contribution in [0.4, 0.5) is 0 Å².